The SMILES string of the molecule is CCN(c1cccc(O)c1)S(=O)(=O)c1cc(C)cc(N)c1. The van der Waals surface area contributed by atoms with Gasteiger partial charge in [0.25, 0.3) is 10.0 Å². The Balaban J connectivity index is 2.54. The lowest BCUT2D eigenvalue weighted by Crippen LogP contribution is -2.30. The monoisotopic (exact) mass is 306 g/mol. The van der Waals surface area contributed by atoms with E-state index in [9.17, 15) is 13.5 Å². The van der Waals surface area contributed by atoms with Gasteiger partial charge in [-0.3, -0.25) is 4.31 Å². The molecule has 2 aromatic carbocycles. The first kappa shape index (κ1) is 15.2. The van der Waals surface area contributed by atoms with Crippen LogP contribution in [0.25, 0.3) is 0 Å². The molecule has 5 nitrogen and oxygen atoms in total. The van der Waals surface area contributed by atoms with Gasteiger partial charge in [-0.05, 0) is 49.7 Å². The van der Waals surface area contributed by atoms with Gasteiger partial charge in [0, 0.05) is 18.3 Å². The number of rotatable bonds is 4. The molecule has 0 fully saturated rings. The minimum Gasteiger partial charge on any atom is -0.508 e. The molecule has 112 valence electrons. The van der Waals surface area contributed by atoms with Crippen LogP contribution in [0.15, 0.2) is 47.4 Å². The van der Waals surface area contributed by atoms with Crippen molar-refractivity contribution in [3.8, 4) is 5.75 Å². The molecule has 0 heterocycles. The van der Waals surface area contributed by atoms with E-state index < -0.39 is 10.0 Å². The summed E-state index contributed by atoms with van der Waals surface area (Å²) in [7, 11) is -3.72. The zero-order valence-electron chi connectivity index (χ0n) is 11.9. The standard InChI is InChI=1S/C15H18N2O3S/c1-3-17(13-5-4-6-14(18)10-13)21(19,20)15-8-11(2)7-12(16)9-15/h4-10,18H,3,16H2,1-2H3. The zero-order valence-corrected chi connectivity index (χ0v) is 12.8. The van der Waals surface area contributed by atoms with E-state index in [1.54, 1.807) is 38.1 Å². The molecule has 0 spiro atoms. The Labute approximate surface area is 124 Å². The number of hydrogen-bond acceptors (Lipinski definition) is 4. The highest BCUT2D eigenvalue weighted by molar-refractivity contribution is 7.92. The van der Waals surface area contributed by atoms with Gasteiger partial charge in [-0.2, -0.15) is 0 Å². The van der Waals surface area contributed by atoms with E-state index >= 15 is 0 Å². The van der Waals surface area contributed by atoms with Crippen LogP contribution in [0.1, 0.15) is 12.5 Å². The van der Waals surface area contributed by atoms with Crippen molar-refractivity contribution >= 4 is 21.4 Å². The smallest absolute Gasteiger partial charge is 0.264 e. The molecular formula is C15H18N2O3S. The molecule has 2 aromatic rings. The van der Waals surface area contributed by atoms with Crippen molar-refractivity contribution in [3.05, 3.63) is 48.0 Å². The van der Waals surface area contributed by atoms with Gasteiger partial charge in [0.1, 0.15) is 5.75 Å². The lowest BCUT2D eigenvalue weighted by Gasteiger charge is -2.23. The second-order valence-corrected chi connectivity index (χ2v) is 6.63. The first-order chi connectivity index (χ1) is 9.84. The molecule has 0 aliphatic carbocycles. The van der Waals surface area contributed by atoms with Gasteiger partial charge in [-0.15, -0.1) is 0 Å². The maximum atomic E-state index is 12.8. The van der Waals surface area contributed by atoms with Crippen molar-refractivity contribution in [1.29, 1.82) is 0 Å². The number of aryl methyl sites for hydroxylation is 1. The van der Waals surface area contributed by atoms with Crippen LogP contribution in [0, 0.1) is 6.92 Å². The van der Waals surface area contributed by atoms with E-state index in [2.05, 4.69) is 0 Å². The van der Waals surface area contributed by atoms with Crippen molar-refractivity contribution in [2.75, 3.05) is 16.6 Å². The first-order valence-corrected chi connectivity index (χ1v) is 7.97. The fourth-order valence-electron chi connectivity index (χ4n) is 2.19. The van der Waals surface area contributed by atoms with E-state index in [4.69, 9.17) is 5.73 Å². The molecule has 0 saturated heterocycles. The van der Waals surface area contributed by atoms with Crippen LogP contribution in [0.3, 0.4) is 0 Å². The first-order valence-electron chi connectivity index (χ1n) is 6.53. The lowest BCUT2D eigenvalue weighted by atomic mass is 10.2. The summed E-state index contributed by atoms with van der Waals surface area (Å²) in [5.41, 5.74) is 7.33. The lowest BCUT2D eigenvalue weighted by molar-refractivity contribution is 0.475. The quantitative estimate of drug-likeness (QED) is 0.850. The summed E-state index contributed by atoms with van der Waals surface area (Å²) in [6, 6.07) is 10.9. The Morgan fingerprint density at radius 3 is 2.48 bits per heavy atom. The Morgan fingerprint density at radius 2 is 1.90 bits per heavy atom. The number of benzene rings is 2. The van der Waals surface area contributed by atoms with Gasteiger partial charge in [0.15, 0.2) is 0 Å². The van der Waals surface area contributed by atoms with Gasteiger partial charge in [0.05, 0.1) is 10.6 Å². The van der Waals surface area contributed by atoms with Crippen molar-refractivity contribution in [3.63, 3.8) is 0 Å². The molecule has 2 rings (SSSR count). The highest BCUT2D eigenvalue weighted by Crippen LogP contribution is 2.27. The number of phenolic OH excluding ortho intramolecular Hbond substituents is 1. The van der Waals surface area contributed by atoms with Crippen LogP contribution < -0.4 is 10.0 Å². The minimum absolute atomic E-state index is 0.0184. The third-order valence-corrected chi connectivity index (χ3v) is 4.95. The van der Waals surface area contributed by atoms with E-state index in [0.29, 0.717) is 11.4 Å². The topological polar surface area (TPSA) is 83.6 Å². The van der Waals surface area contributed by atoms with Crippen LogP contribution in [-0.2, 0) is 10.0 Å². The second-order valence-electron chi connectivity index (χ2n) is 4.77. The third kappa shape index (κ3) is 3.11. The Hall–Kier alpha value is -2.21. The fraction of sp³-hybridized carbons (Fsp3) is 0.200. The van der Waals surface area contributed by atoms with E-state index in [1.165, 1.54) is 22.5 Å². The molecule has 0 bridgehead atoms. The summed E-state index contributed by atoms with van der Waals surface area (Å²) in [5.74, 6) is 0.0184. The van der Waals surface area contributed by atoms with Crippen LogP contribution >= 0.6 is 0 Å². The highest BCUT2D eigenvalue weighted by atomic mass is 32.2. The number of nitrogens with zero attached hydrogens (tertiary/aromatic N) is 1. The number of hydrogen-bond donors (Lipinski definition) is 2. The third-order valence-electron chi connectivity index (χ3n) is 3.07. The Bertz CT molecular complexity index is 737. The summed E-state index contributed by atoms with van der Waals surface area (Å²) in [6.45, 7) is 3.78. The molecule has 0 aliphatic rings. The largest absolute Gasteiger partial charge is 0.508 e. The molecule has 0 atom stereocenters. The van der Waals surface area contributed by atoms with Gasteiger partial charge < -0.3 is 10.8 Å². The molecule has 0 aromatic heterocycles. The second kappa shape index (κ2) is 5.65. The van der Waals surface area contributed by atoms with Gasteiger partial charge in [0.2, 0.25) is 0 Å². The number of aromatic hydroxyl groups is 1. The predicted molar refractivity (Wildman–Crippen MR) is 83.9 cm³/mol. The molecule has 0 unspecified atom stereocenters. The molecule has 3 N–H and O–H groups in total. The molecule has 6 heteroatoms. The van der Waals surface area contributed by atoms with E-state index in [0.717, 1.165) is 5.56 Å². The number of phenols is 1. The van der Waals surface area contributed by atoms with E-state index in [-0.39, 0.29) is 17.2 Å². The summed E-state index contributed by atoms with van der Waals surface area (Å²) in [6.07, 6.45) is 0. The number of anilines is 2. The van der Waals surface area contributed by atoms with Crippen LogP contribution in [-0.4, -0.2) is 20.1 Å². The van der Waals surface area contributed by atoms with Crippen molar-refractivity contribution in [2.45, 2.75) is 18.7 Å². The molecule has 21 heavy (non-hydrogen) atoms. The maximum absolute atomic E-state index is 12.8. The van der Waals surface area contributed by atoms with Crippen LogP contribution in [0.4, 0.5) is 11.4 Å². The average molecular weight is 306 g/mol. The maximum Gasteiger partial charge on any atom is 0.264 e. The zero-order chi connectivity index (χ0) is 15.6. The predicted octanol–water partition coefficient (Wildman–Crippen LogP) is 2.50. The van der Waals surface area contributed by atoms with Crippen LogP contribution in [0.5, 0.6) is 5.75 Å². The van der Waals surface area contributed by atoms with Crippen molar-refractivity contribution in [1.82, 2.24) is 0 Å². The van der Waals surface area contributed by atoms with Gasteiger partial charge in [-0.25, -0.2) is 8.42 Å². The highest BCUT2D eigenvalue weighted by Gasteiger charge is 2.24. The number of nitrogens with two attached hydrogens (primary N) is 1. The van der Waals surface area contributed by atoms with Crippen molar-refractivity contribution < 1.29 is 13.5 Å². The van der Waals surface area contributed by atoms with Crippen LogP contribution in [0.2, 0.25) is 0 Å². The normalized spacial score (nSPS) is 11.3. The molecule has 0 radical (unpaired) electrons. The molecular weight excluding hydrogens is 288 g/mol. The summed E-state index contributed by atoms with van der Waals surface area (Å²) in [5, 5.41) is 9.54. The number of sulfonamides is 1. The molecule has 0 amide bonds. The van der Waals surface area contributed by atoms with E-state index in [1.807, 2.05) is 0 Å². The average Bonchev–Trinajstić information content (AvgIpc) is 2.38. The fourth-order valence-corrected chi connectivity index (χ4v) is 3.80. The minimum atomic E-state index is -3.72. The van der Waals surface area contributed by atoms with Gasteiger partial charge in [-0.1, -0.05) is 6.07 Å². The summed E-state index contributed by atoms with van der Waals surface area (Å²) >= 11 is 0. The number of nitrogen functional groups attached to an aromatic ring is 1. The van der Waals surface area contributed by atoms with Crippen molar-refractivity contribution in [2.24, 2.45) is 0 Å². The Kier molecular flexibility index (Phi) is 4.09. The van der Waals surface area contributed by atoms with Gasteiger partial charge >= 0.3 is 0 Å². The summed E-state index contributed by atoms with van der Waals surface area (Å²) in [4.78, 5) is 0.144. The summed E-state index contributed by atoms with van der Waals surface area (Å²) < 4.78 is 26.8. The molecule has 0 saturated carbocycles. The molecule has 0 aliphatic heterocycles. The Morgan fingerprint density at radius 1 is 1.19 bits per heavy atom.